The normalized spacial score (nSPS) is 17.5. The average Bonchev–Trinajstić information content (AvgIpc) is 3.38. The highest BCUT2D eigenvalue weighted by Gasteiger charge is 2.64. The average molecular weight is 549 g/mol. The number of fused-ring (bicyclic) bond motifs is 5. The lowest BCUT2D eigenvalue weighted by Crippen LogP contribution is -2.53. The third-order valence-electron chi connectivity index (χ3n) is 7.95. The summed E-state index contributed by atoms with van der Waals surface area (Å²) in [6, 6.07) is 26.0. The zero-order valence-electron chi connectivity index (χ0n) is 21.6. The van der Waals surface area contributed by atoms with Crippen molar-refractivity contribution in [2.45, 2.75) is 18.5 Å². The fourth-order valence-electron chi connectivity index (χ4n) is 6.10. The van der Waals surface area contributed by atoms with Gasteiger partial charge in [0.15, 0.2) is 11.0 Å². The maximum Gasteiger partial charge on any atom is 0.291 e. The van der Waals surface area contributed by atoms with Crippen LogP contribution in [0.15, 0.2) is 106 Å². The standard InChI is InChI=1S/C33H22F2N2O4/c34-22-14-15-27-23(18-22)29(38)28-30(41-27)31(39)37(17-16-20-8-2-1-3-9-20)33(28)24-11-5-7-13-26(24)36(32(33)40)19-21-10-4-6-12-25(21)35/h1-15,18H,16-17,19H2. The molecule has 4 aromatic carbocycles. The van der Waals surface area contributed by atoms with Gasteiger partial charge in [0.25, 0.3) is 11.8 Å². The van der Waals surface area contributed by atoms with Crippen LogP contribution in [-0.4, -0.2) is 23.3 Å². The predicted molar refractivity (Wildman–Crippen MR) is 148 cm³/mol. The zero-order valence-corrected chi connectivity index (χ0v) is 21.6. The molecule has 6 nitrogen and oxygen atoms in total. The summed E-state index contributed by atoms with van der Waals surface area (Å²) >= 11 is 0. The molecule has 1 unspecified atom stereocenters. The Balaban J connectivity index is 1.48. The first-order valence-electron chi connectivity index (χ1n) is 13.2. The van der Waals surface area contributed by atoms with E-state index in [9.17, 15) is 23.2 Å². The Morgan fingerprint density at radius 2 is 1.54 bits per heavy atom. The Labute approximate surface area is 233 Å². The van der Waals surface area contributed by atoms with Crippen molar-refractivity contribution < 1.29 is 22.8 Å². The van der Waals surface area contributed by atoms with Crippen molar-refractivity contribution in [1.82, 2.24) is 4.90 Å². The van der Waals surface area contributed by atoms with Crippen molar-refractivity contribution in [2.75, 3.05) is 11.4 Å². The maximum absolute atomic E-state index is 14.8. The van der Waals surface area contributed by atoms with Gasteiger partial charge in [-0.1, -0.05) is 66.7 Å². The first-order valence-corrected chi connectivity index (χ1v) is 13.2. The molecule has 0 N–H and O–H groups in total. The summed E-state index contributed by atoms with van der Waals surface area (Å²) in [5.74, 6) is -2.58. The van der Waals surface area contributed by atoms with Gasteiger partial charge in [0.05, 0.1) is 23.2 Å². The van der Waals surface area contributed by atoms with E-state index in [1.165, 1.54) is 21.9 Å². The topological polar surface area (TPSA) is 70.8 Å². The third kappa shape index (κ3) is 3.57. The molecular weight excluding hydrogens is 526 g/mol. The minimum atomic E-state index is -1.87. The molecule has 0 bridgehead atoms. The van der Waals surface area contributed by atoms with Crippen molar-refractivity contribution >= 4 is 28.5 Å². The first-order chi connectivity index (χ1) is 19.9. The molecule has 1 spiro atoms. The van der Waals surface area contributed by atoms with Crippen LogP contribution in [0.3, 0.4) is 0 Å². The lowest BCUT2D eigenvalue weighted by Gasteiger charge is -2.34. The quantitative estimate of drug-likeness (QED) is 0.288. The van der Waals surface area contributed by atoms with Gasteiger partial charge in [-0.2, -0.15) is 0 Å². The molecular formula is C33H22F2N2O4. The zero-order chi connectivity index (χ0) is 28.3. The molecule has 2 amide bonds. The minimum absolute atomic E-state index is 0.0468. The number of amides is 2. The largest absolute Gasteiger partial charge is 0.450 e. The van der Waals surface area contributed by atoms with Gasteiger partial charge in [0.1, 0.15) is 17.2 Å². The van der Waals surface area contributed by atoms with Crippen LogP contribution in [0.25, 0.3) is 11.0 Å². The Hall–Kier alpha value is -5.11. The predicted octanol–water partition coefficient (Wildman–Crippen LogP) is 5.56. The van der Waals surface area contributed by atoms with Crippen molar-refractivity contribution in [3.8, 4) is 0 Å². The lowest BCUT2D eigenvalue weighted by molar-refractivity contribution is -0.126. The van der Waals surface area contributed by atoms with E-state index in [2.05, 4.69) is 0 Å². The highest BCUT2D eigenvalue weighted by Crippen LogP contribution is 2.53. The number of nitrogens with zero attached hydrogens (tertiary/aromatic N) is 2. The van der Waals surface area contributed by atoms with Gasteiger partial charge >= 0.3 is 0 Å². The van der Waals surface area contributed by atoms with Gasteiger partial charge in [-0.05, 0) is 42.3 Å². The number of rotatable bonds is 5. The molecule has 2 aliphatic heterocycles. The summed E-state index contributed by atoms with van der Waals surface area (Å²) in [6.45, 7) is -0.0291. The van der Waals surface area contributed by atoms with Gasteiger partial charge in [-0.25, -0.2) is 8.78 Å². The van der Waals surface area contributed by atoms with Crippen LogP contribution in [0, 0.1) is 11.6 Å². The summed E-state index contributed by atoms with van der Waals surface area (Å²) in [7, 11) is 0. The highest BCUT2D eigenvalue weighted by atomic mass is 19.1. The van der Waals surface area contributed by atoms with Crippen LogP contribution in [0.5, 0.6) is 0 Å². The van der Waals surface area contributed by atoms with Gasteiger partial charge in [-0.3, -0.25) is 14.4 Å². The SMILES string of the molecule is O=C1c2oc3ccc(F)cc3c(=O)c2C2(C(=O)N(Cc3ccccc3F)c3ccccc32)N1CCc1ccccc1. The molecule has 0 radical (unpaired) electrons. The maximum atomic E-state index is 14.8. The van der Waals surface area contributed by atoms with Crippen molar-refractivity contribution in [3.05, 3.63) is 147 Å². The van der Waals surface area contributed by atoms with E-state index in [-0.39, 0.29) is 40.9 Å². The molecule has 0 aliphatic carbocycles. The number of hydrogen-bond acceptors (Lipinski definition) is 4. The van der Waals surface area contributed by atoms with Crippen LogP contribution >= 0.6 is 0 Å². The number of hydrogen-bond donors (Lipinski definition) is 0. The molecule has 1 atom stereocenters. The molecule has 0 fully saturated rings. The molecule has 5 aromatic rings. The summed E-state index contributed by atoms with van der Waals surface area (Å²) in [4.78, 5) is 45.8. The van der Waals surface area contributed by atoms with E-state index < -0.39 is 34.4 Å². The smallest absolute Gasteiger partial charge is 0.291 e. The second kappa shape index (κ2) is 9.23. The fraction of sp³-hybridized carbons (Fsp3) is 0.121. The molecule has 2 aliphatic rings. The van der Waals surface area contributed by atoms with Gasteiger partial charge < -0.3 is 14.2 Å². The molecule has 3 heterocycles. The Morgan fingerprint density at radius 1 is 0.805 bits per heavy atom. The number of anilines is 1. The highest BCUT2D eigenvalue weighted by molar-refractivity contribution is 6.17. The molecule has 8 heteroatoms. The van der Waals surface area contributed by atoms with Crippen LogP contribution < -0.4 is 10.3 Å². The fourth-order valence-corrected chi connectivity index (χ4v) is 6.10. The monoisotopic (exact) mass is 548 g/mol. The number of para-hydroxylation sites is 1. The second-order valence-corrected chi connectivity index (χ2v) is 10.2. The lowest BCUT2D eigenvalue weighted by atomic mass is 9.83. The van der Waals surface area contributed by atoms with E-state index in [1.807, 2.05) is 30.3 Å². The summed E-state index contributed by atoms with van der Waals surface area (Å²) in [5.41, 5.74) is -0.570. The molecule has 202 valence electrons. The number of carbonyl (C=O) groups excluding carboxylic acids is 2. The van der Waals surface area contributed by atoms with Crippen molar-refractivity contribution in [1.29, 1.82) is 0 Å². The number of benzene rings is 4. The van der Waals surface area contributed by atoms with Crippen LogP contribution in [-0.2, 0) is 23.3 Å². The molecule has 41 heavy (non-hydrogen) atoms. The van der Waals surface area contributed by atoms with E-state index in [4.69, 9.17) is 4.42 Å². The molecule has 0 saturated carbocycles. The number of halogens is 2. The van der Waals surface area contributed by atoms with Crippen LogP contribution in [0.2, 0.25) is 0 Å². The van der Waals surface area contributed by atoms with Crippen LogP contribution in [0.4, 0.5) is 14.5 Å². The first kappa shape index (κ1) is 24.9. The van der Waals surface area contributed by atoms with Crippen molar-refractivity contribution in [3.63, 3.8) is 0 Å². The van der Waals surface area contributed by atoms with Gasteiger partial charge in [-0.15, -0.1) is 0 Å². The van der Waals surface area contributed by atoms with E-state index in [0.29, 0.717) is 17.7 Å². The molecule has 7 rings (SSSR count). The number of carbonyl (C=O) groups is 2. The Bertz CT molecular complexity index is 1940. The summed E-state index contributed by atoms with van der Waals surface area (Å²) in [5, 5.41) is -0.0707. The van der Waals surface area contributed by atoms with Crippen molar-refractivity contribution in [2.24, 2.45) is 0 Å². The summed E-state index contributed by atoms with van der Waals surface area (Å²) in [6.07, 6.45) is 0.396. The van der Waals surface area contributed by atoms with E-state index in [0.717, 1.165) is 17.7 Å². The van der Waals surface area contributed by atoms with Gasteiger partial charge in [0, 0.05) is 17.7 Å². The third-order valence-corrected chi connectivity index (χ3v) is 7.95. The van der Waals surface area contributed by atoms with Crippen LogP contribution in [0.1, 0.15) is 32.8 Å². The second-order valence-electron chi connectivity index (χ2n) is 10.2. The molecule has 1 aromatic heterocycles. The molecule has 0 saturated heterocycles. The van der Waals surface area contributed by atoms with E-state index >= 15 is 0 Å². The Morgan fingerprint density at radius 3 is 2.34 bits per heavy atom. The Kier molecular flexibility index (Phi) is 5.61. The van der Waals surface area contributed by atoms with Gasteiger partial charge in [0.2, 0.25) is 5.76 Å². The summed E-state index contributed by atoms with van der Waals surface area (Å²) < 4.78 is 35.0. The van der Waals surface area contributed by atoms with E-state index in [1.54, 1.807) is 42.5 Å². The minimum Gasteiger partial charge on any atom is -0.450 e.